The van der Waals surface area contributed by atoms with E-state index in [4.69, 9.17) is 0 Å². The molecule has 0 aliphatic heterocycles. The van der Waals surface area contributed by atoms with E-state index in [0.29, 0.717) is 6.42 Å². The molecule has 0 amide bonds. The number of halogens is 1. The van der Waals surface area contributed by atoms with Crippen LogP contribution in [0.4, 0.5) is 4.39 Å². The second-order valence-corrected chi connectivity index (χ2v) is 1.84. The molecule has 0 heterocycles. The molecule has 0 saturated heterocycles. The van der Waals surface area contributed by atoms with Crippen LogP contribution in [0, 0.1) is 0 Å². The van der Waals surface area contributed by atoms with Crippen molar-refractivity contribution in [1.29, 1.82) is 0 Å². The SMILES string of the molecule is CCC[C@@H](F)COC. The Morgan fingerprint density at radius 2 is 2.25 bits per heavy atom. The molecule has 0 aromatic heterocycles. The monoisotopic (exact) mass is 120 g/mol. The zero-order valence-corrected chi connectivity index (χ0v) is 5.48. The van der Waals surface area contributed by atoms with Crippen molar-refractivity contribution in [2.24, 2.45) is 0 Å². The lowest BCUT2D eigenvalue weighted by Crippen LogP contribution is -2.06. The molecule has 0 aliphatic carbocycles. The van der Waals surface area contributed by atoms with Crippen molar-refractivity contribution in [3.63, 3.8) is 0 Å². The minimum atomic E-state index is -0.759. The maximum atomic E-state index is 12.3. The Morgan fingerprint density at radius 1 is 1.62 bits per heavy atom. The highest BCUT2D eigenvalue weighted by atomic mass is 19.1. The maximum Gasteiger partial charge on any atom is 0.123 e. The van der Waals surface area contributed by atoms with Crippen LogP contribution in [0.1, 0.15) is 19.8 Å². The molecular formula is C6H13FO. The highest BCUT2D eigenvalue weighted by Gasteiger charge is 2.01. The highest BCUT2D eigenvalue weighted by molar-refractivity contribution is 4.50. The van der Waals surface area contributed by atoms with Gasteiger partial charge in [0.2, 0.25) is 0 Å². The van der Waals surface area contributed by atoms with Gasteiger partial charge in [-0.15, -0.1) is 0 Å². The summed E-state index contributed by atoms with van der Waals surface area (Å²) in [6, 6.07) is 0. The average molecular weight is 120 g/mol. The molecule has 50 valence electrons. The number of hydrogen-bond acceptors (Lipinski definition) is 1. The van der Waals surface area contributed by atoms with Gasteiger partial charge in [0.15, 0.2) is 0 Å². The zero-order valence-electron chi connectivity index (χ0n) is 5.48. The number of alkyl halides is 1. The minimum Gasteiger partial charge on any atom is -0.382 e. The first kappa shape index (κ1) is 7.89. The van der Waals surface area contributed by atoms with Crippen molar-refractivity contribution in [1.82, 2.24) is 0 Å². The molecule has 8 heavy (non-hydrogen) atoms. The van der Waals surface area contributed by atoms with Crippen molar-refractivity contribution in [2.45, 2.75) is 25.9 Å². The van der Waals surface area contributed by atoms with E-state index in [2.05, 4.69) is 4.74 Å². The van der Waals surface area contributed by atoms with Gasteiger partial charge in [-0.1, -0.05) is 13.3 Å². The van der Waals surface area contributed by atoms with Crippen LogP contribution in [-0.2, 0) is 4.74 Å². The predicted octanol–water partition coefficient (Wildman–Crippen LogP) is 1.77. The third-order valence-electron chi connectivity index (χ3n) is 0.949. The van der Waals surface area contributed by atoms with E-state index in [1.165, 1.54) is 7.11 Å². The molecule has 0 bridgehead atoms. The number of methoxy groups -OCH3 is 1. The van der Waals surface area contributed by atoms with Gasteiger partial charge in [-0.25, -0.2) is 4.39 Å². The van der Waals surface area contributed by atoms with Crippen LogP contribution in [0.25, 0.3) is 0 Å². The van der Waals surface area contributed by atoms with Gasteiger partial charge in [-0.2, -0.15) is 0 Å². The molecular weight excluding hydrogens is 107 g/mol. The van der Waals surface area contributed by atoms with E-state index >= 15 is 0 Å². The van der Waals surface area contributed by atoms with Gasteiger partial charge in [-0.3, -0.25) is 0 Å². The lowest BCUT2D eigenvalue weighted by atomic mass is 10.2. The largest absolute Gasteiger partial charge is 0.382 e. The molecule has 0 N–H and O–H groups in total. The van der Waals surface area contributed by atoms with Gasteiger partial charge in [0.1, 0.15) is 6.17 Å². The van der Waals surface area contributed by atoms with Crippen molar-refractivity contribution >= 4 is 0 Å². The fraction of sp³-hybridized carbons (Fsp3) is 1.00. The molecule has 0 aromatic carbocycles. The first-order valence-electron chi connectivity index (χ1n) is 2.94. The van der Waals surface area contributed by atoms with Crippen LogP contribution >= 0.6 is 0 Å². The van der Waals surface area contributed by atoms with Crippen LogP contribution in [0.5, 0.6) is 0 Å². The second kappa shape index (κ2) is 5.04. The van der Waals surface area contributed by atoms with Crippen molar-refractivity contribution in [3.05, 3.63) is 0 Å². The first-order valence-corrected chi connectivity index (χ1v) is 2.94. The van der Waals surface area contributed by atoms with Crippen molar-refractivity contribution < 1.29 is 9.13 Å². The van der Waals surface area contributed by atoms with Gasteiger partial charge >= 0.3 is 0 Å². The summed E-state index contributed by atoms with van der Waals surface area (Å²) in [5, 5.41) is 0. The lowest BCUT2D eigenvalue weighted by molar-refractivity contribution is 0.118. The summed E-state index contributed by atoms with van der Waals surface area (Å²) >= 11 is 0. The molecule has 0 aliphatic rings. The number of ether oxygens (including phenoxy) is 1. The number of rotatable bonds is 4. The van der Waals surface area contributed by atoms with E-state index in [-0.39, 0.29) is 6.61 Å². The van der Waals surface area contributed by atoms with E-state index < -0.39 is 6.17 Å². The van der Waals surface area contributed by atoms with Gasteiger partial charge in [0.05, 0.1) is 6.61 Å². The molecule has 0 spiro atoms. The Labute approximate surface area is 49.8 Å². The smallest absolute Gasteiger partial charge is 0.123 e. The topological polar surface area (TPSA) is 9.23 Å². The molecule has 0 radical (unpaired) electrons. The van der Waals surface area contributed by atoms with E-state index in [9.17, 15) is 4.39 Å². The molecule has 1 atom stereocenters. The molecule has 0 aromatic rings. The van der Waals surface area contributed by atoms with Crippen LogP contribution in [0.2, 0.25) is 0 Å². The third-order valence-corrected chi connectivity index (χ3v) is 0.949. The third kappa shape index (κ3) is 4.06. The van der Waals surface area contributed by atoms with Crippen LogP contribution in [0.3, 0.4) is 0 Å². The summed E-state index contributed by atoms with van der Waals surface area (Å²) in [5.41, 5.74) is 0. The molecule has 0 unspecified atom stereocenters. The predicted molar refractivity (Wildman–Crippen MR) is 31.7 cm³/mol. The summed E-state index contributed by atoms with van der Waals surface area (Å²) in [7, 11) is 1.52. The molecule has 2 heteroatoms. The fourth-order valence-corrected chi connectivity index (χ4v) is 0.577. The Bertz CT molecular complexity index is 41.8. The van der Waals surface area contributed by atoms with Crippen molar-refractivity contribution in [3.8, 4) is 0 Å². The average Bonchev–Trinajstić information content (AvgIpc) is 1.68. The van der Waals surface area contributed by atoms with Gasteiger partial charge < -0.3 is 4.74 Å². The summed E-state index contributed by atoms with van der Waals surface area (Å²) in [4.78, 5) is 0. The molecule has 0 rings (SSSR count). The summed E-state index contributed by atoms with van der Waals surface area (Å²) < 4.78 is 16.9. The standard InChI is InChI=1S/C6H13FO/c1-3-4-6(7)5-8-2/h6H,3-5H2,1-2H3/t6-/m1/s1. The lowest BCUT2D eigenvalue weighted by Gasteiger charge is -2.02. The van der Waals surface area contributed by atoms with Crippen LogP contribution in [0.15, 0.2) is 0 Å². The fourth-order valence-electron chi connectivity index (χ4n) is 0.577. The Morgan fingerprint density at radius 3 is 2.62 bits per heavy atom. The number of hydrogen-bond donors (Lipinski definition) is 0. The van der Waals surface area contributed by atoms with E-state index in [1.807, 2.05) is 6.92 Å². The molecule has 0 saturated carbocycles. The summed E-state index contributed by atoms with van der Waals surface area (Å²) in [6.07, 6.45) is 0.753. The molecule has 0 fully saturated rings. The van der Waals surface area contributed by atoms with Crippen LogP contribution < -0.4 is 0 Å². The van der Waals surface area contributed by atoms with E-state index in [0.717, 1.165) is 6.42 Å². The highest BCUT2D eigenvalue weighted by Crippen LogP contribution is 2.00. The van der Waals surface area contributed by atoms with Crippen LogP contribution in [-0.4, -0.2) is 19.9 Å². The van der Waals surface area contributed by atoms with Gasteiger partial charge in [0, 0.05) is 7.11 Å². The molecule has 1 nitrogen and oxygen atoms in total. The Balaban J connectivity index is 2.92. The summed E-state index contributed by atoms with van der Waals surface area (Å²) in [6.45, 7) is 2.20. The van der Waals surface area contributed by atoms with Gasteiger partial charge in [-0.05, 0) is 6.42 Å². The zero-order chi connectivity index (χ0) is 6.41. The van der Waals surface area contributed by atoms with Gasteiger partial charge in [0.25, 0.3) is 0 Å². The van der Waals surface area contributed by atoms with Crippen molar-refractivity contribution in [2.75, 3.05) is 13.7 Å². The Kier molecular flexibility index (Phi) is 4.97. The minimum absolute atomic E-state index is 0.244. The van der Waals surface area contributed by atoms with E-state index in [1.54, 1.807) is 0 Å². The second-order valence-electron chi connectivity index (χ2n) is 1.84. The first-order chi connectivity index (χ1) is 3.81. The quantitative estimate of drug-likeness (QED) is 0.549. The Hall–Kier alpha value is -0.110. The summed E-state index contributed by atoms with van der Waals surface area (Å²) in [5.74, 6) is 0. The maximum absolute atomic E-state index is 12.3. The normalized spacial score (nSPS) is 13.9.